The molecule has 0 aromatic heterocycles. The van der Waals surface area contributed by atoms with E-state index in [-0.39, 0.29) is 23.7 Å². The summed E-state index contributed by atoms with van der Waals surface area (Å²) in [6, 6.07) is 12.4. The molecule has 3 nitrogen and oxygen atoms in total. The van der Waals surface area contributed by atoms with E-state index in [2.05, 4.69) is 23.5 Å². The maximum absolute atomic E-state index is 13.3. The SMILES string of the molecule is CCOC(=O)c1cccc2c1N[C@@H](c1ccc(F)cc1)[C@H]1CC=C[C@H]21. The van der Waals surface area contributed by atoms with Gasteiger partial charge in [-0.05, 0) is 48.6 Å². The average Bonchev–Trinajstić information content (AvgIpc) is 3.11. The van der Waals surface area contributed by atoms with Gasteiger partial charge in [0, 0.05) is 5.92 Å². The van der Waals surface area contributed by atoms with Gasteiger partial charge in [-0.2, -0.15) is 0 Å². The molecule has 1 aliphatic heterocycles. The molecule has 2 aromatic carbocycles. The molecule has 25 heavy (non-hydrogen) atoms. The molecule has 1 heterocycles. The van der Waals surface area contributed by atoms with Crippen LogP contribution >= 0.6 is 0 Å². The molecule has 3 atom stereocenters. The molecule has 128 valence electrons. The van der Waals surface area contributed by atoms with Gasteiger partial charge in [-0.25, -0.2) is 9.18 Å². The topological polar surface area (TPSA) is 38.3 Å². The van der Waals surface area contributed by atoms with Crippen molar-refractivity contribution < 1.29 is 13.9 Å². The predicted molar refractivity (Wildman–Crippen MR) is 95.2 cm³/mol. The van der Waals surface area contributed by atoms with Gasteiger partial charge >= 0.3 is 5.97 Å². The number of esters is 1. The fourth-order valence-electron chi connectivity index (χ4n) is 4.00. The number of carbonyl (C=O) groups excluding carboxylic acids is 1. The highest BCUT2D eigenvalue weighted by molar-refractivity contribution is 5.97. The van der Waals surface area contributed by atoms with Crippen molar-refractivity contribution in [3.05, 3.63) is 77.1 Å². The molecule has 0 radical (unpaired) electrons. The van der Waals surface area contributed by atoms with Gasteiger partial charge in [-0.1, -0.05) is 36.4 Å². The standard InChI is InChI=1S/C21H20FNO2/c1-2-25-21(24)18-8-4-7-17-15-5-3-6-16(15)19(23-20(17)18)13-9-11-14(22)12-10-13/h3-5,7-12,15-16,19,23H,2,6H2,1H3/t15-,16-,19-/m0/s1. The van der Waals surface area contributed by atoms with Gasteiger partial charge in [-0.15, -0.1) is 0 Å². The Morgan fingerprint density at radius 1 is 1.24 bits per heavy atom. The molecule has 4 rings (SSSR count). The zero-order valence-electron chi connectivity index (χ0n) is 14.0. The average molecular weight is 337 g/mol. The number of benzene rings is 2. The molecule has 1 N–H and O–H groups in total. The van der Waals surface area contributed by atoms with E-state index < -0.39 is 0 Å². The summed E-state index contributed by atoms with van der Waals surface area (Å²) in [6.07, 6.45) is 5.37. The molecule has 0 spiro atoms. The Hall–Kier alpha value is -2.62. The zero-order chi connectivity index (χ0) is 17.4. The molecule has 0 bridgehead atoms. The zero-order valence-corrected chi connectivity index (χ0v) is 14.0. The second-order valence-corrected chi connectivity index (χ2v) is 6.52. The highest BCUT2D eigenvalue weighted by Crippen LogP contribution is 2.50. The lowest BCUT2D eigenvalue weighted by molar-refractivity contribution is 0.0527. The summed E-state index contributed by atoms with van der Waals surface area (Å²) in [5, 5.41) is 3.55. The van der Waals surface area contributed by atoms with E-state index >= 15 is 0 Å². The number of para-hydroxylation sites is 1. The number of carbonyl (C=O) groups is 1. The molecule has 2 aromatic rings. The second kappa shape index (κ2) is 6.36. The first-order valence-electron chi connectivity index (χ1n) is 8.67. The third-order valence-corrected chi connectivity index (χ3v) is 5.12. The Labute approximate surface area is 146 Å². The minimum absolute atomic E-state index is 0.0312. The number of hydrogen-bond acceptors (Lipinski definition) is 3. The van der Waals surface area contributed by atoms with E-state index in [1.165, 1.54) is 12.1 Å². The molecule has 0 fully saturated rings. The van der Waals surface area contributed by atoms with Crippen LogP contribution in [-0.4, -0.2) is 12.6 Å². The van der Waals surface area contributed by atoms with Crippen molar-refractivity contribution in [2.24, 2.45) is 5.92 Å². The third-order valence-electron chi connectivity index (χ3n) is 5.12. The van der Waals surface area contributed by atoms with Crippen molar-refractivity contribution in [1.29, 1.82) is 0 Å². The Morgan fingerprint density at radius 3 is 2.80 bits per heavy atom. The van der Waals surface area contributed by atoms with Crippen LogP contribution in [0.1, 0.15) is 46.8 Å². The maximum Gasteiger partial charge on any atom is 0.340 e. The van der Waals surface area contributed by atoms with Gasteiger partial charge in [0.15, 0.2) is 0 Å². The van der Waals surface area contributed by atoms with Gasteiger partial charge in [0.25, 0.3) is 0 Å². The molecular formula is C21H20FNO2. The summed E-state index contributed by atoms with van der Waals surface area (Å²) in [7, 11) is 0. The third kappa shape index (κ3) is 2.72. The van der Waals surface area contributed by atoms with E-state index in [0.717, 1.165) is 23.2 Å². The summed E-state index contributed by atoms with van der Waals surface area (Å²) in [5.41, 5.74) is 3.56. The summed E-state index contributed by atoms with van der Waals surface area (Å²) < 4.78 is 18.5. The van der Waals surface area contributed by atoms with Gasteiger partial charge in [0.05, 0.1) is 23.9 Å². The smallest absolute Gasteiger partial charge is 0.340 e. The fourth-order valence-corrected chi connectivity index (χ4v) is 4.00. The number of ether oxygens (including phenoxy) is 1. The number of rotatable bonds is 3. The second-order valence-electron chi connectivity index (χ2n) is 6.52. The Balaban J connectivity index is 1.79. The van der Waals surface area contributed by atoms with Crippen LogP contribution in [0.25, 0.3) is 0 Å². The van der Waals surface area contributed by atoms with Gasteiger partial charge in [0.1, 0.15) is 5.82 Å². The van der Waals surface area contributed by atoms with Crippen LogP contribution in [0.3, 0.4) is 0 Å². The lowest BCUT2D eigenvalue weighted by atomic mass is 9.76. The van der Waals surface area contributed by atoms with E-state index in [1.807, 2.05) is 18.2 Å². The van der Waals surface area contributed by atoms with Crippen molar-refractivity contribution in [1.82, 2.24) is 0 Å². The van der Waals surface area contributed by atoms with Crippen LogP contribution < -0.4 is 5.32 Å². The van der Waals surface area contributed by atoms with Crippen molar-refractivity contribution >= 4 is 11.7 Å². The lowest BCUT2D eigenvalue weighted by Crippen LogP contribution is -2.30. The maximum atomic E-state index is 13.3. The lowest BCUT2D eigenvalue weighted by Gasteiger charge is -2.38. The van der Waals surface area contributed by atoms with Gasteiger partial charge < -0.3 is 10.1 Å². The van der Waals surface area contributed by atoms with Gasteiger partial charge in [0.2, 0.25) is 0 Å². The minimum atomic E-state index is -0.315. The largest absolute Gasteiger partial charge is 0.462 e. The Bertz CT molecular complexity index is 828. The quantitative estimate of drug-likeness (QED) is 0.644. The first kappa shape index (κ1) is 15.9. The van der Waals surface area contributed by atoms with Crippen LogP contribution in [0.2, 0.25) is 0 Å². The molecule has 2 aliphatic rings. The highest BCUT2D eigenvalue weighted by Gasteiger charge is 2.39. The van der Waals surface area contributed by atoms with Crippen LogP contribution in [0, 0.1) is 11.7 Å². The molecule has 0 saturated heterocycles. The number of fused-ring (bicyclic) bond motifs is 3. The Kier molecular flexibility index (Phi) is 4.04. The fraction of sp³-hybridized carbons (Fsp3) is 0.286. The van der Waals surface area contributed by atoms with Crippen molar-refractivity contribution in [3.63, 3.8) is 0 Å². The van der Waals surface area contributed by atoms with E-state index in [9.17, 15) is 9.18 Å². The van der Waals surface area contributed by atoms with E-state index in [1.54, 1.807) is 13.0 Å². The van der Waals surface area contributed by atoms with Crippen molar-refractivity contribution in [2.75, 3.05) is 11.9 Å². The molecule has 0 saturated carbocycles. The van der Waals surface area contributed by atoms with E-state index in [0.29, 0.717) is 18.1 Å². The number of hydrogen-bond donors (Lipinski definition) is 1. The van der Waals surface area contributed by atoms with Crippen LogP contribution in [-0.2, 0) is 4.74 Å². The van der Waals surface area contributed by atoms with Crippen LogP contribution in [0.5, 0.6) is 0 Å². The number of halogens is 1. The molecule has 0 amide bonds. The minimum Gasteiger partial charge on any atom is -0.462 e. The first-order valence-corrected chi connectivity index (χ1v) is 8.67. The number of nitrogens with one attached hydrogen (secondary N) is 1. The Morgan fingerprint density at radius 2 is 2.04 bits per heavy atom. The number of allylic oxidation sites excluding steroid dienone is 2. The van der Waals surface area contributed by atoms with E-state index in [4.69, 9.17) is 4.74 Å². The predicted octanol–water partition coefficient (Wildman–Crippen LogP) is 4.83. The highest BCUT2D eigenvalue weighted by atomic mass is 19.1. The summed E-state index contributed by atoms with van der Waals surface area (Å²) in [4.78, 5) is 12.4. The van der Waals surface area contributed by atoms with Crippen LogP contribution in [0.15, 0.2) is 54.6 Å². The van der Waals surface area contributed by atoms with Crippen molar-refractivity contribution in [3.8, 4) is 0 Å². The summed E-state index contributed by atoms with van der Waals surface area (Å²) in [5.74, 6) is 0.0505. The summed E-state index contributed by atoms with van der Waals surface area (Å²) in [6.45, 7) is 2.15. The van der Waals surface area contributed by atoms with Crippen molar-refractivity contribution in [2.45, 2.75) is 25.3 Å². The number of anilines is 1. The molecular weight excluding hydrogens is 317 g/mol. The van der Waals surface area contributed by atoms with Crippen LogP contribution in [0.4, 0.5) is 10.1 Å². The monoisotopic (exact) mass is 337 g/mol. The molecule has 1 aliphatic carbocycles. The first-order chi connectivity index (χ1) is 12.2. The molecule has 4 heteroatoms. The molecule has 0 unspecified atom stereocenters. The normalized spacial score (nSPS) is 23.5. The van der Waals surface area contributed by atoms with Gasteiger partial charge in [-0.3, -0.25) is 0 Å². The summed E-state index contributed by atoms with van der Waals surface area (Å²) >= 11 is 0.